The largest absolute Gasteiger partial charge is 0.370 e. The lowest BCUT2D eigenvalue weighted by Crippen LogP contribution is -2.41. The Hall–Kier alpha value is -1.10. The molecule has 5 rings (SSSR count). The van der Waals surface area contributed by atoms with Crippen molar-refractivity contribution < 1.29 is 9.53 Å². The Morgan fingerprint density at radius 3 is 2.81 bits per heavy atom. The van der Waals surface area contributed by atoms with E-state index in [0.29, 0.717) is 28.5 Å². The normalized spacial score (nSPS) is 36.1. The molecular weight excluding hydrogens is 348 g/mol. The molecule has 1 amide bonds. The fourth-order valence-corrected chi connectivity index (χ4v) is 5.78. The van der Waals surface area contributed by atoms with Gasteiger partial charge in [0.25, 0.3) is 5.91 Å². The Kier molecular flexibility index (Phi) is 4.26. The Bertz CT molecular complexity index is 690. The predicted octanol–water partition coefficient (Wildman–Crippen LogP) is 3.35. The number of rotatable bonds is 5. The summed E-state index contributed by atoms with van der Waals surface area (Å²) in [6.07, 6.45) is 6.89. The Labute approximate surface area is 160 Å². The van der Waals surface area contributed by atoms with E-state index in [0.717, 1.165) is 32.0 Å². The lowest BCUT2D eigenvalue weighted by molar-refractivity contribution is 0.000542. The van der Waals surface area contributed by atoms with Crippen LogP contribution in [-0.4, -0.2) is 48.7 Å². The second-order valence-electron chi connectivity index (χ2n) is 8.74. The molecule has 3 saturated heterocycles. The van der Waals surface area contributed by atoms with Crippen LogP contribution >= 0.6 is 11.6 Å². The molecule has 2 bridgehead atoms. The highest BCUT2D eigenvalue weighted by molar-refractivity contribution is 6.30. The minimum Gasteiger partial charge on any atom is -0.370 e. The van der Waals surface area contributed by atoms with E-state index < -0.39 is 0 Å². The zero-order valence-corrected chi connectivity index (χ0v) is 15.9. The fourth-order valence-electron chi connectivity index (χ4n) is 5.65. The van der Waals surface area contributed by atoms with Crippen LogP contribution in [0, 0.1) is 17.8 Å². The van der Waals surface area contributed by atoms with E-state index >= 15 is 0 Å². The number of halogens is 1. The lowest BCUT2D eigenvalue weighted by Gasteiger charge is -2.31. The lowest BCUT2D eigenvalue weighted by atomic mass is 9.73. The molecule has 1 aliphatic carbocycles. The summed E-state index contributed by atoms with van der Waals surface area (Å²) in [5.41, 5.74) is 0.746. The molecule has 1 N–H and O–H groups in total. The third-order valence-electron chi connectivity index (χ3n) is 7.20. The van der Waals surface area contributed by atoms with Gasteiger partial charge >= 0.3 is 0 Å². The van der Waals surface area contributed by atoms with Gasteiger partial charge in [-0.1, -0.05) is 18.0 Å². The van der Waals surface area contributed by atoms with Gasteiger partial charge in [0.05, 0.1) is 11.7 Å². The van der Waals surface area contributed by atoms with Gasteiger partial charge in [-0.15, -0.1) is 0 Å². The molecule has 1 aromatic carbocycles. The highest BCUT2D eigenvalue weighted by Crippen LogP contribution is 2.54. The maximum atomic E-state index is 12.5. The molecule has 1 saturated carbocycles. The Morgan fingerprint density at radius 1 is 1.27 bits per heavy atom. The van der Waals surface area contributed by atoms with Gasteiger partial charge in [-0.25, -0.2) is 0 Å². The van der Waals surface area contributed by atoms with Crippen molar-refractivity contribution in [1.82, 2.24) is 10.2 Å². The first-order valence-electron chi connectivity index (χ1n) is 10.1. The second-order valence-corrected chi connectivity index (χ2v) is 9.17. The molecule has 140 valence electrons. The van der Waals surface area contributed by atoms with Crippen LogP contribution in [0.2, 0.25) is 5.02 Å². The Morgan fingerprint density at radius 2 is 2.08 bits per heavy atom. The Balaban J connectivity index is 1.22. The summed E-state index contributed by atoms with van der Waals surface area (Å²) in [5, 5.41) is 3.81. The van der Waals surface area contributed by atoms with Crippen LogP contribution in [0.3, 0.4) is 0 Å². The average Bonchev–Trinajstić information content (AvgIpc) is 3.24. The van der Waals surface area contributed by atoms with Crippen molar-refractivity contribution in [3.8, 4) is 0 Å². The molecule has 5 heteroatoms. The number of ether oxygens (including phenoxy) is 1. The first-order valence-corrected chi connectivity index (χ1v) is 10.4. The second kappa shape index (κ2) is 6.50. The van der Waals surface area contributed by atoms with E-state index in [4.69, 9.17) is 16.3 Å². The van der Waals surface area contributed by atoms with Crippen LogP contribution in [0.5, 0.6) is 0 Å². The van der Waals surface area contributed by atoms with Crippen LogP contribution in [0.25, 0.3) is 0 Å². The molecule has 0 aromatic heterocycles. The molecule has 3 heterocycles. The van der Waals surface area contributed by atoms with E-state index in [1.807, 2.05) is 0 Å². The molecule has 4 atom stereocenters. The fraction of sp³-hybridized carbons (Fsp3) is 0.667. The third-order valence-corrected chi connectivity index (χ3v) is 7.45. The number of hydrogen-bond acceptors (Lipinski definition) is 3. The van der Waals surface area contributed by atoms with Crippen LogP contribution < -0.4 is 5.32 Å². The molecule has 26 heavy (non-hydrogen) atoms. The number of hydrogen-bond donors (Lipinski definition) is 1. The van der Waals surface area contributed by atoms with Crippen LogP contribution in [-0.2, 0) is 4.74 Å². The van der Waals surface area contributed by atoms with Crippen LogP contribution in [0.1, 0.15) is 42.5 Å². The molecule has 4 fully saturated rings. The van der Waals surface area contributed by atoms with Crippen molar-refractivity contribution >= 4 is 17.5 Å². The summed E-state index contributed by atoms with van der Waals surface area (Å²) in [7, 11) is 0. The van der Waals surface area contributed by atoms with Crippen molar-refractivity contribution in [3.05, 3.63) is 34.9 Å². The van der Waals surface area contributed by atoms with Gasteiger partial charge in [0, 0.05) is 48.6 Å². The maximum absolute atomic E-state index is 12.5. The molecular formula is C21H27ClN2O2. The van der Waals surface area contributed by atoms with Gasteiger partial charge in [0.1, 0.15) is 0 Å². The topological polar surface area (TPSA) is 41.6 Å². The minimum absolute atomic E-state index is 0.0113. The molecule has 4 aliphatic rings. The van der Waals surface area contributed by atoms with E-state index in [1.165, 1.54) is 32.2 Å². The number of likely N-dealkylation sites (tertiary alicyclic amines) is 1. The number of nitrogens with one attached hydrogen (secondary N) is 1. The van der Waals surface area contributed by atoms with Crippen LogP contribution in [0.15, 0.2) is 24.3 Å². The number of fused-ring (bicyclic) bond motifs is 1. The molecule has 4 nitrogen and oxygen atoms in total. The summed E-state index contributed by atoms with van der Waals surface area (Å²) in [5.74, 6) is 1.92. The highest BCUT2D eigenvalue weighted by Gasteiger charge is 2.62. The highest BCUT2D eigenvalue weighted by atomic mass is 35.5. The van der Waals surface area contributed by atoms with Gasteiger partial charge < -0.3 is 10.1 Å². The van der Waals surface area contributed by atoms with Crippen molar-refractivity contribution in [3.63, 3.8) is 0 Å². The number of carbonyl (C=O) groups excluding carboxylic acids is 1. The van der Waals surface area contributed by atoms with E-state index in [9.17, 15) is 4.79 Å². The minimum atomic E-state index is -0.0113. The van der Waals surface area contributed by atoms with Gasteiger partial charge in [-0.05, 0) is 55.9 Å². The molecule has 0 unspecified atom stereocenters. The summed E-state index contributed by atoms with van der Waals surface area (Å²) >= 11 is 5.91. The van der Waals surface area contributed by atoms with Gasteiger partial charge in [0.2, 0.25) is 0 Å². The summed E-state index contributed by atoms with van der Waals surface area (Å²) in [4.78, 5) is 15.1. The zero-order chi connectivity index (χ0) is 17.7. The quantitative estimate of drug-likeness (QED) is 0.859. The number of amides is 1. The third kappa shape index (κ3) is 2.87. The average molecular weight is 375 g/mol. The summed E-state index contributed by atoms with van der Waals surface area (Å²) < 4.78 is 6.50. The first kappa shape index (κ1) is 17.0. The molecule has 1 aromatic rings. The monoisotopic (exact) mass is 374 g/mol. The predicted molar refractivity (Wildman–Crippen MR) is 101 cm³/mol. The van der Waals surface area contributed by atoms with Crippen molar-refractivity contribution in [2.45, 2.75) is 43.8 Å². The first-order chi connectivity index (χ1) is 12.6. The van der Waals surface area contributed by atoms with Crippen molar-refractivity contribution in [2.75, 3.05) is 26.2 Å². The number of carbonyl (C=O) groups is 1. The van der Waals surface area contributed by atoms with Crippen LogP contribution in [0.4, 0.5) is 0 Å². The number of benzene rings is 1. The smallest absolute Gasteiger partial charge is 0.251 e. The van der Waals surface area contributed by atoms with Gasteiger partial charge in [0.15, 0.2) is 0 Å². The SMILES string of the molecule is O=C(NC[C@H]1[C@H]2CN(CC3CCC3)C[C@]23CC[C@H]1O3)c1ccc(Cl)cc1. The van der Waals surface area contributed by atoms with E-state index in [2.05, 4.69) is 10.2 Å². The molecule has 3 aliphatic heterocycles. The van der Waals surface area contributed by atoms with Crippen molar-refractivity contribution in [1.29, 1.82) is 0 Å². The molecule has 0 radical (unpaired) electrons. The molecule has 1 spiro atoms. The summed E-state index contributed by atoms with van der Waals surface area (Å²) in [6.45, 7) is 4.22. The van der Waals surface area contributed by atoms with Gasteiger partial charge in [-0.2, -0.15) is 0 Å². The van der Waals surface area contributed by atoms with E-state index in [1.54, 1.807) is 24.3 Å². The standard InChI is InChI=1S/C21H27ClN2O2/c22-16-6-4-15(5-7-16)20(25)23-10-17-18-12-24(11-14-2-1-3-14)13-21(18)9-8-19(17)26-21/h4-7,14,17-19H,1-3,8-13H2,(H,23,25)/t17-,18+,19+,21+/m0/s1. The number of nitrogens with zero attached hydrogens (tertiary/aromatic N) is 1. The summed E-state index contributed by atoms with van der Waals surface area (Å²) in [6, 6.07) is 7.10. The van der Waals surface area contributed by atoms with Gasteiger partial charge in [-0.3, -0.25) is 9.69 Å². The van der Waals surface area contributed by atoms with E-state index in [-0.39, 0.29) is 11.5 Å². The van der Waals surface area contributed by atoms with Crippen molar-refractivity contribution in [2.24, 2.45) is 17.8 Å². The zero-order valence-electron chi connectivity index (χ0n) is 15.1. The maximum Gasteiger partial charge on any atom is 0.251 e.